The van der Waals surface area contributed by atoms with Gasteiger partial charge in [0.1, 0.15) is 6.10 Å². The molecular formula is C13H17NO2S. The predicted molar refractivity (Wildman–Crippen MR) is 70.9 cm³/mol. The minimum atomic E-state index is -0.279. The summed E-state index contributed by atoms with van der Waals surface area (Å²) in [6, 6.07) is 0. The van der Waals surface area contributed by atoms with Crippen molar-refractivity contribution in [2.75, 3.05) is 0 Å². The minimum absolute atomic E-state index is 0.244. The van der Waals surface area contributed by atoms with Gasteiger partial charge in [-0.05, 0) is 25.5 Å². The summed E-state index contributed by atoms with van der Waals surface area (Å²) in [6.45, 7) is 8.98. The van der Waals surface area contributed by atoms with Gasteiger partial charge in [-0.25, -0.2) is 4.98 Å². The van der Waals surface area contributed by atoms with E-state index in [-0.39, 0.29) is 12.1 Å². The van der Waals surface area contributed by atoms with Gasteiger partial charge >= 0.3 is 5.97 Å². The summed E-state index contributed by atoms with van der Waals surface area (Å²) in [6.07, 6.45) is 4.06. The number of esters is 1. The lowest BCUT2D eigenvalue weighted by atomic mass is 10.1. The number of rotatable bonds is 5. The Balaban J connectivity index is 2.82. The first kappa shape index (κ1) is 13.6. The first-order valence-electron chi connectivity index (χ1n) is 5.41. The highest BCUT2D eigenvalue weighted by Gasteiger charge is 2.12. The standard InChI is InChI=1S/C13H17NO2S/c1-5-6-13(16-11(4)15)9(2)7-12-8-17-10(3)14-12/h5,7-8,13H,1,6H2,2-4H3/b9-7+/t13-/m1/s1. The Morgan fingerprint density at radius 2 is 2.35 bits per heavy atom. The van der Waals surface area contributed by atoms with Gasteiger partial charge in [0.15, 0.2) is 0 Å². The fourth-order valence-corrected chi connectivity index (χ4v) is 2.02. The molecule has 17 heavy (non-hydrogen) atoms. The quantitative estimate of drug-likeness (QED) is 0.595. The zero-order chi connectivity index (χ0) is 12.8. The molecule has 0 aliphatic carbocycles. The van der Waals surface area contributed by atoms with Crippen LogP contribution in [0, 0.1) is 6.92 Å². The lowest BCUT2D eigenvalue weighted by molar-refractivity contribution is -0.144. The summed E-state index contributed by atoms with van der Waals surface area (Å²) in [4.78, 5) is 15.3. The van der Waals surface area contributed by atoms with E-state index in [2.05, 4.69) is 11.6 Å². The van der Waals surface area contributed by atoms with Crippen LogP contribution < -0.4 is 0 Å². The molecule has 0 N–H and O–H groups in total. The number of ether oxygens (including phenoxy) is 1. The zero-order valence-electron chi connectivity index (χ0n) is 10.4. The number of carbonyl (C=O) groups excluding carboxylic acids is 1. The van der Waals surface area contributed by atoms with Crippen molar-refractivity contribution in [1.82, 2.24) is 4.98 Å². The molecule has 1 heterocycles. The molecule has 0 amide bonds. The Hall–Kier alpha value is -1.42. The molecule has 1 atom stereocenters. The second-order valence-electron chi connectivity index (χ2n) is 3.80. The van der Waals surface area contributed by atoms with Crippen molar-refractivity contribution in [2.45, 2.75) is 33.3 Å². The molecule has 0 aliphatic heterocycles. The number of aromatic nitrogens is 1. The molecule has 0 spiro atoms. The van der Waals surface area contributed by atoms with Gasteiger partial charge in [-0.2, -0.15) is 0 Å². The topological polar surface area (TPSA) is 39.2 Å². The highest BCUT2D eigenvalue weighted by molar-refractivity contribution is 7.09. The van der Waals surface area contributed by atoms with Crippen LogP contribution in [-0.4, -0.2) is 17.1 Å². The number of aryl methyl sites for hydroxylation is 1. The van der Waals surface area contributed by atoms with Crippen molar-refractivity contribution < 1.29 is 9.53 Å². The molecule has 4 heteroatoms. The van der Waals surface area contributed by atoms with Crippen molar-refractivity contribution in [3.05, 3.63) is 34.3 Å². The predicted octanol–water partition coefficient (Wildman–Crippen LogP) is 3.36. The van der Waals surface area contributed by atoms with Crippen molar-refractivity contribution >= 4 is 23.4 Å². The molecular weight excluding hydrogens is 234 g/mol. The minimum Gasteiger partial charge on any atom is -0.458 e. The SMILES string of the molecule is C=CC[C@@H](OC(C)=O)/C(C)=C/c1csc(C)n1. The number of carbonyl (C=O) groups is 1. The maximum Gasteiger partial charge on any atom is 0.303 e. The Morgan fingerprint density at radius 3 is 2.82 bits per heavy atom. The van der Waals surface area contributed by atoms with Gasteiger partial charge in [-0.1, -0.05) is 6.08 Å². The average molecular weight is 251 g/mol. The first-order valence-corrected chi connectivity index (χ1v) is 6.29. The van der Waals surface area contributed by atoms with Crippen LogP contribution in [0.25, 0.3) is 6.08 Å². The van der Waals surface area contributed by atoms with Gasteiger partial charge in [0.2, 0.25) is 0 Å². The van der Waals surface area contributed by atoms with Gasteiger partial charge in [0, 0.05) is 18.7 Å². The Kier molecular flexibility index (Phi) is 5.10. The second kappa shape index (κ2) is 6.35. The van der Waals surface area contributed by atoms with E-state index in [1.807, 2.05) is 25.3 Å². The molecule has 0 aromatic carbocycles. The monoisotopic (exact) mass is 251 g/mol. The summed E-state index contributed by atoms with van der Waals surface area (Å²) in [5.41, 5.74) is 1.89. The third kappa shape index (κ3) is 4.53. The van der Waals surface area contributed by atoms with E-state index >= 15 is 0 Å². The molecule has 1 rings (SSSR count). The number of hydrogen-bond donors (Lipinski definition) is 0. The first-order chi connectivity index (χ1) is 8.02. The van der Waals surface area contributed by atoms with Crippen LogP contribution in [0.5, 0.6) is 0 Å². The van der Waals surface area contributed by atoms with E-state index in [0.717, 1.165) is 16.3 Å². The molecule has 0 fully saturated rings. The zero-order valence-corrected chi connectivity index (χ0v) is 11.2. The highest BCUT2D eigenvalue weighted by atomic mass is 32.1. The van der Waals surface area contributed by atoms with Crippen molar-refractivity contribution in [3.63, 3.8) is 0 Å². The molecule has 0 saturated carbocycles. The van der Waals surface area contributed by atoms with Gasteiger partial charge in [-0.15, -0.1) is 17.9 Å². The van der Waals surface area contributed by atoms with E-state index in [0.29, 0.717) is 6.42 Å². The molecule has 1 aromatic rings. The molecule has 0 bridgehead atoms. The molecule has 92 valence electrons. The summed E-state index contributed by atoms with van der Waals surface area (Å²) in [5.74, 6) is -0.279. The fourth-order valence-electron chi connectivity index (χ4n) is 1.45. The van der Waals surface area contributed by atoms with Gasteiger partial charge in [-0.3, -0.25) is 4.79 Å². The van der Waals surface area contributed by atoms with Crippen LogP contribution in [0.1, 0.15) is 31.0 Å². The van der Waals surface area contributed by atoms with Crippen LogP contribution in [0.2, 0.25) is 0 Å². The number of thiazole rings is 1. The third-order valence-electron chi connectivity index (χ3n) is 2.21. The van der Waals surface area contributed by atoms with Gasteiger partial charge < -0.3 is 4.74 Å². The smallest absolute Gasteiger partial charge is 0.303 e. The summed E-state index contributed by atoms with van der Waals surface area (Å²) in [5, 5.41) is 3.01. The molecule has 0 saturated heterocycles. The maximum atomic E-state index is 11.0. The molecule has 1 aromatic heterocycles. The number of nitrogens with zero attached hydrogens (tertiary/aromatic N) is 1. The Labute approximate surface area is 106 Å². The summed E-state index contributed by atoms with van der Waals surface area (Å²) >= 11 is 1.60. The summed E-state index contributed by atoms with van der Waals surface area (Å²) < 4.78 is 5.23. The maximum absolute atomic E-state index is 11.0. The highest BCUT2D eigenvalue weighted by Crippen LogP contribution is 2.17. The van der Waals surface area contributed by atoms with E-state index in [1.165, 1.54) is 6.92 Å². The van der Waals surface area contributed by atoms with E-state index in [1.54, 1.807) is 17.4 Å². The van der Waals surface area contributed by atoms with Crippen LogP contribution in [0.3, 0.4) is 0 Å². The van der Waals surface area contributed by atoms with Crippen molar-refractivity contribution in [2.24, 2.45) is 0 Å². The molecule has 0 radical (unpaired) electrons. The Bertz CT molecular complexity index is 434. The molecule has 0 unspecified atom stereocenters. The lowest BCUT2D eigenvalue weighted by Gasteiger charge is -2.15. The molecule has 3 nitrogen and oxygen atoms in total. The third-order valence-corrected chi connectivity index (χ3v) is 3.00. The fraction of sp³-hybridized carbons (Fsp3) is 0.385. The van der Waals surface area contributed by atoms with Crippen LogP contribution in [0.4, 0.5) is 0 Å². The van der Waals surface area contributed by atoms with Crippen molar-refractivity contribution in [1.29, 1.82) is 0 Å². The van der Waals surface area contributed by atoms with Gasteiger partial charge in [0.05, 0.1) is 10.7 Å². The molecule has 0 aliphatic rings. The van der Waals surface area contributed by atoms with Gasteiger partial charge in [0.25, 0.3) is 0 Å². The Morgan fingerprint density at radius 1 is 1.65 bits per heavy atom. The second-order valence-corrected chi connectivity index (χ2v) is 4.86. The lowest BCUT2D eigenvalue weighted by Crippen LogP contribution is -2.16. The largest absolute Gasteiger partial charge is 0.458 e. The average Bonchev–Trinajstić information content (AvgIpc) is 2.62. The normalized spacial score (nSPS) is 13.2. The van der Waals surface area contributed by atoms with Crippen molar-refractivity contribution in [3.8, 4) is 0 Å². The van der Waals surface area contributed by atoms with E-state index in [4.69, 9.17) is 4.74 Å². The summed E-state index contributed by atoms with van der Waals surface area (Å²) in [7, 11) is 0. The van der Waals surface area contributed by atoms with E-state index < -0.39 is 0 Å². The van der Waals surface area contributed by atoms with E-state index in [9.17, 15) is 4.79 Å². The number of hydrogen-bond acceptors (Lipinski definition) is 4. The van der Waals surface area contributed by atoms with Crippen LogP contribution >= 0.6 is 11.3 Å². The van der Waals surface area contributed by atoms with Crippen LogP contribution in [-0.2, 0) is 9.53 Å². The van der Waals surface area contributed by atoms with Crippen LogP contribution in [0.15, 0.2) is 23.6 Å².